The highest BCUT2D eigenvalue weighted by Crippen LogP contribution is 2.33. The first-order valence-corrected chi connectivity index (χ1v) is 5.46. The van der Waals surface area contributed by atoms with Crippen LogP contribution < -0.4 is 5.73 Å². The fourth-order valence-corrected chi connectivity index (χ4v) is 1.93. The Kier molecular flexibility index (Phi) is 2.71. The van der Waals surface area contributed by atoms with Crippen molar-refractivity contribution >= 4 is 21.8 Å². The van der Waals surface area contributed by atoms with E-state index < -0.39 is 0 Å². The highest BCUT2D eigenvalue weighted by Gasteiger charge is 2.14. The predicted molar refractivity (Wildman–Crippen MR) is 65.7 cm³/mol. The highest BCUT2D eigenvalue weighted by atomic mass is 79.9. The van der Waals surface area contributed by atoms with Gasteiger partial charge in [0, 0.05) is 10.0 Å². The topological polar surface area (TPSA) is 62.9 Å². The van der Waals surface area contributed by atoms with E-state index in [-0.39, 0.29) is 5.88 Å². The SMILES string of the molecule is Cc1ccc(Br)cc1-c1coc(N)c1C#N. The smallest absolute Gasteiger partial charge is 0.208 e. The van der Waals surface area contributed by atoms with E-state index in [1.54, 1.807) is 0 Å². The van der Waals surface area contributed by atoms with E-state index in [4.69, 9.17) is 15.4 Å². The van der Waals surface area contributed by atoms with Gasteiger partial charge in [0.25, 0.3) is 0 Å². The monoisotopic (exact) mass is 276 g/mol. The second-order valence-corrected chi connectivity index (χ2v) is 4.38. The number of hydrogen-bond donors (Lipinski definition) is 1. The van der Waals surface area contributed by atoms with Crippen LogP contribution in [0.25, 0.3) is 11.1 Å². The number of nitrogens with zero attached hydrogens (tertiary/aromatic N) is 1. The standard InChI is InChI=1S/C12H9BrN2O/c1-7-2-3-8(13)4-9(7)11-6-16-12(15)10(11)5-14/h2-4,6H,15H2,1H3. The Morgan fingerprint density at radius 3 is 2.81 bits per heavy atom. The molecule has 1 aromatic carbocycles. The van der Waals surface area contributed by atoms with E-state index in [9.17, 15) is 0 Å². The number of aryl methyl sites for hydroxylation is 1. The third-order valence-corrected chi connectivity index (χ3v) is 2.91. The van der Waals surface area contributed by atoms with E-state index in [2.05, 4.69) is 22.0 Å². The Morgan fingerprint density at radius 1 is 1.38 bits per heavy atom. The average molecular weight is 277 g/mol. The zero-order chi connectivity index (χ0) is 11.7. The van der Waals surface area contributed by atoms with Gasteiger partial charge >= 0.3 is 0 Å². The van der Waals surface area contributed by atoms with Crippen LogP contribution in [0, 0.1) is 18.3 Å². The zero-order valence-corrected chi connectivity index (χ0v) is 10.2. The van der Waals surface area contributed by atoms with Gasteiger partial charge in [-0.2, -0.15) is 5.26 Å². The number of rotatable bonds is 1. The largest absolute Gasteiger partial charge is 0.447 e. The summed E-state index contributed by atoms with van der Waals surface area (Å²) >= 11 is 3.40. The summed E-state index contributed by atoms with van der Waals surface area (Å²) in [6.07, 6.45) is 1.52. The van der Waals surface area contributed by atoms with Gasteiger partial charge in [-0.15, -0.1) is 0 Å². The number of nitrogen functional groups attached to an aromatic ring is 1. The van der Waals surface area contributed by atoms with E-state index in [0.717, 1.165) is 21.2 Å². The molecule has 2 rings (SSSR count). The van der Waals surface area contributed by atoms with Gasteiger partial charge in [-0.3, -0.25) is 0 Å². The van der Waals surface area contributed by atoms with Crippen LogP contribution in [0.3, 0.4) is 0 Å². The van der Waals surface area contributed by atoms with Crippen LogP contribution >= 0.6 is 15.9 Å². The van der Waals surface area contributed by atoms with Crippen molar-refractivity contribution in [2.45, 2.75) is 6.92 Å². The zero-order valence-electron chi connectivity index (χ0n) is 8.62. The van der Waals surface area contributed by atoms with Crippen molar-refractivity contribution in [3.63, 3.8) is 0 Å². The molecule has 0 amide bonds. The number of nitrogens with two attached hydrogens (primary N) is 1. The molecule has 3 nitrogen and oxygen atoms in total. The molecule has 4 heteroatoms. The van der Waals surface area contributed by atoms with Crippen LogP contribution in [-0.2, 0) is 0 Å². The lowest BCUT2D eigenvalue weighted by molar-refractivity contribution is 0.588. The molecule has 1 heterocycles. The summed E-state index contributed by atoms with van der Waals surface area (Å²) in [7, 11) is 0. The number of nitriles is 1. The van der Waals surface area contributed by atoms with Crippen molar-refractivity contribution in [3.05, 3.63) is 40.1 Å². The second-order valence-electron chi connectivity index (χ2n) is 3.46. The Labute approximate surface area is 102 Å². The molecule has 2 N–H and O–H groups in total. The van der Waals surface area contributed by atoms with E-state index in [1.165, 1.54) is 6.26 Å². The Morgan fingerprint density at radius 2 is 2.12 bits per heavy atom. The molecule has 2 aromatic rings. The molecule has 0 radical (unpaired) electrons. The summed E-state index contributed by atoms with van der Waals surface area (Å²) in [5.41, 5.74) is 8.72. The maximum absolute atomic E-state index is 9.01. The predicted octanol–water partition coefficient (Wildman–Crippen LogP) is 3.47. The lowest BCUT2D eigenvalue weighted by atomic mass is 10.0. The number of anilines is 1. The van der Waals surface area contributed by atoms with E-state index >= 15 is 0 Å². The van der Waals surface area contributed by atoms with Crippen molar-refractivity contribution < 1.29 is 4.42 Å². The minimum atomic E-state index is 0.164. The minimum Gasteiger partial charge on any atom is -0.447 e. The van der Waals surface area contributed by atoms with E-state index in [1.807, 2.05) is 25.1 Å². The fourth-order valence-electron chi connectivity index (χ4n) is 1.57. The molecule has 16 heavy (non-hydrogen) atoms. The van der Waals surface area contributed by atoms with Gasteiger partial charge in [0.2, 0.25) is 5.88 Å². The molecule has 0 fully saturated rings. The summed E-state index contributed by atoms with van der Waals surface area (Å²) in [5, 5.41) is 9.01. The van der Waals surface area contributed by atoms with Gasteiger partial charge in [-0.25, -0.2) is 0 Å². The highest BCUT2D eigenvalue weighted by molar-refractivity contribution is 9.10. The number of furan rings is 1. The molecule has 0 unspecified atom stereocenters. The van der Waals surface area contributed by atoms with Gasteiger partial charge in [0.1, 0.15) is 17.9 Å². The number of benzene rings is 1. The summed E-state index contributed by atoms with van der Waals surface area (Å²) in [5.74, 6) is 0.164. The van der Waals surface area contributed by atoms with Crippen LogP contribution in [0.5, 0.6) is 0 Å². The molecule has 0 aliphatic heterocycles. The Bertz CT molecular complexity index is 581. The molecule has 0 saturated heterocycles. The lowest BCUT2D eigenvalue weighted by Gasteiger charge is -2.04. The van der Waals surface area contributed by atoms with Gasteiger partial charge in [-0.05, 0) is 30.2 Å². The number of hydrogen-bond acceptors (Lipinski definition) is 3. The van der Waals surface area contributed by atoms with Crippen LogP contribution in [0.2, 0.25) is 0 Å². The number of halogens is 1. The van der Waals surface area contributed by atoms with Crippen molar-refractivity contribution in [2.24, 2.45) is 0 Å². The third kappa shape index (κ3) is 1.70. The van der Waals surface area contributed by atoms with Crippen LogP contribution in [-0.4, -0.2) is 0 Å². The van der Waals surface area contributed by atoms with Crippen molar-refractivity contribution in [3.8, 4) is 17.2 Å². The second kappa shape index (κ2) is 4.03. The van der Waals surface area contributed by atoms with Crippen molar-refractivity contribution in [1.82, 2.24) is 0 Å². The Hall–Kier alpha value is -1.73. The third-order valence-electron chi connectivity index (χ3n) is 2.42. The van der Waals surface area contributed by atoms with Crippen molar-refractivity contribution in [1.29, 1.82) is 5.26 Å². The maximum Gasteiger partial charge on any atom is 0.208 e. The van der Waals surface area contributed by atoms with Gasteiger partial charge in [0.15, 0.2) is 0 Å². The van der Waals surface area contributed by atoms with Crippen LogP contribution in [0.1, 0.15) is 11.1 Å². The summed E-state index contributed by atoms with van der Waals surface area (Å²) in [6, 6.07) is 7.93. The first-order chi connectivity index (χ1) is 7.63. The Balaban J connectivity index is 2.68. The van der Waals surface area contributed by atoms with Gasteiger partial charge < -0.3 is 10.2 Å². The van der Waals surface area contributed by atoms with Gasteiger partial charge in [0.05, 0.1) is 0 Å². The molecule has 1 aromatic heterocycles. The lowest BCUT2D eigenvalue weighted by Crippen LogP contribution is -1.88. The normalized spacial score (nSPS) is 10.1. The molecule has 0 spiro atoms. The molecule has 0 aliphatic rings. The molecule has 0 aliphatic carbocycles. The molecule has 0 atom stereocenters. The van der Waals surface area contributed by atoms with Crippen LogP contribution in [0.15, 0.2) is 33.4 Å². The first kappa shape index (κ1) is 10.8. The minimum absolute atomic E-state index is 0.164. The van der Waals surface area contributed by atoms with Gasteiger partial charge in [-0.1, -0.05) is 22.0 Å². The molecule has 0 saturated carbocycles. The average Bonchev–Trinajstić information content (AvgIpc) is 2.63. The fraction of sp³-hybridized carbons (Fsp3) is 0.0833. The quantitative estimate of drug-likeness (QED) is 0.868. The maximum atomic E-state index is 9.01. The first-order valence-electron chi connectivity index (χ1n) is 4.67. The van der Waals surface area contributed by atoms with Crippen LogP contribution in [0.4, 0.5) is 5.88 Å². The summed E-state index contributed by atoms with van der Waals surface area (Å²) in [4.78, 5) is 0. The molecular formula is C12H9BrN2O. The molecule has 0 bridgehead atoms. The molecule has 80 valence electrons. The summed E-state index contributed by atoms with van der Waals surface area (Å²) in [6.45, 7) is 1.98. The van der Waals surface area contributed by atoms with E-state index in [0.29, 0.717) is 5.56 Å². The summed E-state index contributed by atoms with van der Waals surface area (Å²) < 4.78 is 6.03. The van der Waals surface area contributed by atoms with Crippen molar-refractivity contribution in [2.75, 3.05) is 5.73 Å². The molecular weight excluding hydrogens is 268 g/mol.